The molecule has 3 N–H and O–H groups in total. The van der Waals surface area contributed by atoms with Gasteiger partial charge in [-0.25, -0.2) is 4.98 Å². The third kappa shape index (κ3) is 3.36. The van der Waals surface area contributed by atoms with Gasteiger partial charge >= 0.3 is 0 Å². The maximum absolute atomic E-state index is 12.4. The average Bonchev–Trinajstić information content (AvgIpc) is 3.21. The summed E-state index contributed by atoms with van der Waals surface area (Å²) in [5, 5.41) is 4.84. The molecule has 6 nitrogen and oxygen atoms in total. The highest BCUT2D eigenvalue weighted by molar-refractivity contribution is 7.13. The number of nitrogens with one attached hydrogen (secondary N) is 1. The zero-order valence-corrected chi connectivity index (χ0v) is 13.7. The molecule has 0 aliphatic rings. The molecule has 0 fully saturated rings. The second-order valence-corrected chi connectivity index (χ2v) is 6.03. The van der Waals surface area contributed by atoms with E-state index < -0.39 is 17.9 Å². The molecule has 0 spiro atoms. The van der Waals surface area contributed by atoms with Crippen molar-refractivity contribution in [2.45, 2.75) is 13.0 Å². The summed E-state index contributed by atoms with van der Waals surface area (Å²) >= 11 is 1.29. The molecule has 0 bridgehead atoms. The quantitative estimate of drug-likeness (QED) is 0.745. The van der Waals surface area contributed by atoms with Crippen LogP contribution < -0.4 is 11.1 Å². The van der Waals surface area contributed by atoms with Crippen molar-refractivity contribution in [3.63, 3.8) is 0 Å². The highest BCUT2D eigenvalue weighted by Gasteiger charge is 2.22. The van der Waals surface area contributed by atoms with Crippen molar-refractivity contribution in [3.05, 3.63) is 64.9 Å². The molecule has 1 atom stereocenters. The summed E-state index contributed by atoms with van der Waals surface area (Å²) in [5.74, 6) is 0.273. The van der Waals surface area contributed by atoms with E-state index in [-0.39, 0.29) is 5.69 Å². The first-order valence-corrected chi connectivity index (χ1v) is 8.10. The van der Waals surface area contributed by atoms with Crippen LogP contribution in [0.4, 0.5) is 0 Å². The predicted octanol–water partition coefficient (Wildman–Crippen LogP) is 2.67. The number of nitrogens with two attached hydrogens (primary N) is 1. The minimum Gasteiger partial charge on any atom is -0.459 e. The van der Waals surface area contributed by atoms with Crippen LogP contribution in [-0.2, 0) is 4.79 Å². The third-order valence-corrected chi connectivity index (χ3v) is 4.24. The van der Waals surface area contributed by atoms with Gasteiger partial charge in [0.05, 0.1) is 0 Å². The van der Waals surface area contributed by atoms with E-state index in [1.807, 2.05) is 19.1 Å². The molecule has 0 radical (unpaired) electrons. The minimum absolute atomic E-state index is 0.214. The zero-order valence-electron chi connectivity index (χ0n) is 12.9. The summed E-state index contributed by atoms with van der Waals surface area (Å²) in [5.41, 5.74) is 6.24. The molecule has 0 saturated heterocycles. The topological polar surface area (TPSA) is 98.2 Å². The summed E-state index contributed by atoms with van der Waals surface area (Å²) in [4.78, 5) is 28.3. The number of nitrogens with zero attached hydrogens (tertiary/aromatic N) is 1. The fraction of sp³-hybridized carbons (Fsp3) is 0.118. The van der Waals surface area contributed by atoms with Crippen LogP contribution in [0, 0.1) is 6.92 Å². The lowest BCUT2D eigenvalue weighted by Gasteiger charge is -2.14. The number of carbonyl (C=O) groups excluding carboxylic acids is 2. The fourth-order valence-electron chi connectivity index (χ4n) is 2.21. The number of aromatic nitrogens is 1. The Labute approximate surface area is 142 Å². The van der Waals surface area contributed by atoms with Crippen molar-refractivity contribution in [2.24, 2.45) is 5.73 Å². The average molecular weight is 341 g/mol. The van der Waals surface area contributed by atoms with E-state index in [1.165, 1.54) is 11.3 Å². The Bertz CT molecular complexity index is 870. The lowest BCUT2D eigenvalue weighted by molar-refractivity contribution is -0.120. The van der Waals surface area contributed by atoms with Gasteiger partial charge in [-0.1, -0.05) is 30.3 Å². The van der Waals surface area contributed by atoms with E-state index in [0.29, 0.717) is 16.3 Å². The largest absolute Gasteiger partial charge is 0.459 e. The molecule has 3 rings (SSSR count). The molecule has 2 amide bonds. The first-order chi connectivity index (χ1) is 11.5. The molecule has 122 valence electrons. The van der Waals surface area contributed by atoms with Gasteiger partial charge in [0.2, 0.25) is 5.91 Å². The van der Waals surface area contributed by atoms with E-state index >= 15 is 0 Å². The maximum Gasteiger partial charge on any atom is 0.271 e. The zero-order chi connectivity index (χ0) is 17.1. The van der Waals surface area contributed by atoms with Gasteiger partial charge in [0.15, 0.2) is 10.8 Å². The van der Waals surface area contributed by atoms with Crippen molar-refractivity contribution in [1.29, 1.82) is 0 Å². The molecule has 0 saturated carbocycles. The first-order valence-electron chi connectivity index (χ1n) is 7.22. The third-order valence-electron chi connectivity index (χ3n) is 3.38. The molecule has 2 aromatic heterocycles. The SMILES string of the molecule is Cc1ccc(-c2nc(C(=O)N[C@@H](C(N)=O)c3ccccc3)cs2)o1. The molecular weight excluding hydrogens is 326 g/mol. The molecule has 0 aliphatic carbocycles. The summed E-state index contributed by atoms with van der Waals surface area (Å²) in [7, 11) is 0. The van der Waals surface area contributed by atoms with Crippen LogP contribution in [0.3, 0.4) is 0 Å². The van der Waals surface area contributed by atoms with Crippen molar-refractivity contribution >= 4 is 23.2 Å². The van der Waals surface area contributed by atoms with Crippen LogP contribution in [0.5, 0.6) is 0 Å². The van der Waals surface area contributed by atoms with Gasteiger partial charge in [-0.15, -0.1) is 11.3 Å². The van der Waals surface area contributed by atoms with Crippen LogP contribution in [0.1, 0.15) is 27.9 Å². The summed E-state index contributed by atoms with van der Waals surface area (Å²) in [6, 6.07) is 11.5. The Morgan fingerprint density at radius 2 is 1.96 bits per heavy atom. The number of furan rings is 1. The van der Waals surface area contributed by atoms with E-state index in [0.717, 1.165) is 5.76 Å². The van der Waals surface area contributed by atoms with Crippen molar-refractivity contribution < 1.29 is 14.0 Å². The van der Waals surface area contributed by atoms with Crippen LogP contribution in [-0.4, -0.2) is 16.8 Å². The number of hydrogen-bond donors (Lipinski definition) is 2. The number of primary amides is 1. The molecule has 0 unspecified atom stereocenters. The number of hydrogen-bond acceptors (Lipinski definition) is 5. The van der Waals surface area contributed by atoms with E-state index in [1.54, 1.807) is 35.7 Å². The van der Waals surface area contributed by atoms with E-state index in [9.17, 15) is 9.59 Å². The standard InChI is InChI=1S/C17H15N3O3S/c1-10-7-8-13(23-10)17-19-12(9-24-17)16(22)20-14(15(18)21)11-5-3-2-4-6-11/h2-9,14H,1H3,(H2,18,21)(H,20,22)/t14-/m1/s1. The van der Waals surface area contributed by atoms with Crippen LogP contribution in [0.15, 0.2) is 52.3 Å². The monoisotopic (exact) mass is 341 g/mol. The van der Waals surface area contributed by atoms with E-state index in [2.05, 4.69) is 10.3 Å². The molecule has 7 heteroatoms. The van der Waals surface area contributed by atoms with Crippen LogP contribution in [0.25, 0.3) is 10.8 Å². The Balaban J connectivity index is 1.79. The minimum atomic E-state index is -0.908. The van der Waals surface area contributed by atoms with Gasteiger partial charge < -0.3 is 15.5 Å². The van der Waals surface area contributed by atoms with Crippen molar-refractivity contribution in [3.8, 4) is 10.8 Å². The maximum atomic E-state index is 12.4. The summed E-state index contributed by atoms with van der Waals surface area (Å²) in [6.07, 6.45) is 0. The normalized spacial score (nSPS) is 11.9. The molecule has 1 aromatic carbocycles. The number of thiazole rings is 1. The summed E-state index contributed by atoms with van der Waals surface area (Å²) in [6.45, 7) is 1.84. The summed E-state index contributed by atoms with van der Waals surface area (Å²) < 4.78 is 5.49. The predicted molar refractivity (Wildman–Crippen MR) is 90.4 cm³/mol. The highest BCUT2D eigenvalue weighted by atomic mass is 32.1. The lowest BCUT2D eigenvalue weighted by Crippen LogP contribution is -2.37. The first kappa shape index (κ1) is 15.9. The van der Waals surface area contributed by atoms with Crippen LogP contribution in [0.2, 0.25) is 0 Å². The second-order valence-electron chi connectivity index (χ2n) is 5.17. The van der Waals surface area contributed by atoms with Crippen molar-refractivity contribution in [2.75, 3.05) is 0 Å². The molecule has 0 aliphatic heterocycles. The molecular formula is C17H15N3O3S. The second kappa shape index (κ2) is 6.67. The molecule has 24 heavy (non-hydrogen) atoms. The van der Waals surface area contributed by atoms with Gasteiger partial charge in [-0.2, -0.15) is 0 Å². The van der Waals surface area contributed by atoms with Gasteiger partial charge in [0, 0.05) is 5.38 Å². The van der Waals surface area contributed by atoms with Gasteiger partial charge in [-0.3, -0.25) is 9.59 Å². The Morgan fingerprint density at radius 1 is 1.21 bits per heavy atom. The number of benzene rings is 1. The van der Waals surface area contributed by atoms with Crippen LogP contribution >= 0.6 is 11.3 Å². The Hall–Kier alpha value is -2.93. The number of aryl methyl sites for hydroxylation is 1. The molecule has 2 heterocycles. The van der Waals surface area contributed by atoms with Gasteiger partial charge in [0.25, 0.3) is 5.91 Å². The van der Waals surface area contributed by atoms with E-state index in [4.69, 9.17) is 10.2 Å². The number of rotatable bonds is 5. The van der Waals surface area contributed by atoms with Gasteiger partial charge in [0.1, 0.15) is 17.5 Å². The fourth-order valence-corrected chi connectivity index (χ4v) is 2.97. The smallest absolute Gasteiger partial charge is 0.271 e. The lowest BCUT2D eigenvalue weighted by atomic mass is 10.1. The Morgan fingerprint density at radius 3 is 2.58 bits per heavy atom. The van der Waals surface area contributed by atoms with Crippen molar-refractivity contribution in [1.82, 2.24) is 10.3 Å². The number of amides is 2. The Kier molecular flexibility index (Phi) is 4.43. The highest BCUT2D eigenvalue weighted by Crippen LogP contribution is 2.25. The number of carbonyl (C=O) groups is 2. The molecule has 3 aromatic rings. The van der Waals surface area contributed by atoms with Gasteiger partial charge in [-0.05, 0) is 24.6 Å².